The fourth-order valence-electron chi connectivity index (χ4n) is 1.58. The van der Waals surface area contributed by atoms with Crippen LogP contribution in [0.25, 0.3) is 0 Å². The van der Waals surface area contributed by atoms with Gasteiger partial charge in [-0.15, -0.1) is 0 Å². The first kappa shape index (κ1) is 16.6. The van der Waals surface area contributed by atoms with E-state index >= 15 is 0 Å². The van der Waals surface area contributed by atoms with Gasteiger partial charge in [0.05, 0.1) is 0 Å². The van der Waals surface area contributed by atoms with Crippen LogP contribution in [0.4, 0.5) is 0 Å². The average Bonchev–Trinajstić information content (AvgIpc) is 2.24. The number of hydrogen-bond donors (Lipinski definition) is 0. The smallest absolute Gasteiger partial charge is 0.473 e. The molecule has 0 aromatic carbocycles. The molecule has 0 aromatic heterocycles. The fraction of sp³-hybridized carbons (Fsp3) is 0.917. The summed E-state index contributed by atoms with van der Waals surface area (Å²) in [5, 5.41) is 0. The van der Waals surface area contributed by atoms with Crippen molar-refractivity contribution < 1.29 is 18.1 Å². The Morgan fingerprint density at radius 2 is 1.59 bits per heavy atom. The zero-order valence-corrected chi connectivity index (χ0v) is 12.6. The Balaban J connectivity index is 3.95. The Bertz CT molecular complexity index is 203. The molecular formula is C12H26O4Si. The maximum absolute atomic E-state index is 11.6. The van der Waals surface area contributed by atoms with Gasteiger partial charge in [0.25, 0.3) is 5.97 Å². The first-order valence-corrected chi connectivity index (χ1v) is 8.80. The van der Waals surface area contributed by atoms with Crippen molar-refractivity contribution in [2.45, 2.75) is 59.4 Å². The van der Waals surface area contributed by atoms with Gasteiger partial charge < -0.3 is 13.3 Å². The summed E-state index contributed by atoms with van der Waals surface area (Å²) in [5.41, 5.74) is 0. The van der Waals surface area contributed by atoms with Crippen LogP contribution in [0.3, 0.4) is 0 Å². The highest BCUT2D eigenvalue weighted by Gasteiger charge is 2.38. The zero-order chi connectivity index (χ0) is 13.1. The maximum Gasteiger partial charge on any atom is 0.564 e. The molecule has 0 saturated carbocycles. The van der Waals surface area contributed by atoms with E-state index in [9.17, 15) is 4.79 Å². The van der Waals surface area contributed by atoms with Crippen molar-refractivity contribution in [3.8, 4) is 0 Å². The lowest BCUT2D eigenvalue weighted by Gasteiger charge is -2.24. The third-order valence-electron chi connectivity index (χ3n) is 2.35. The van der Waals surface area contributed by atoms with Crippen molar-refractivity contribution in [1.29, 1.82) is 0 Å². The van der Waals surface area contributed by atoms with Crippen molar-refractivity contribution in [1.82, 2.24) is 0 Å². The minimum Gasteiger partial charge on any atom is -0.473 e. The van der Waals surface area contributed by atoms with Gasteiger partial charge in [-0.25, -0.2) is 0 Å². The third kappa shape index (κ3) is 8.35. The van der Waals surface area contributed by atoms with Crippen LogP contribution < -0.4 is 0 Å². The molecule has 0 aliphatic carbocycles. The molecule has 0 aliphatic rings. The Hall–Kier alpha value is -0.393. The minimum atomic E-state index is -2.73. The molecule has 0 saturated heterocycles. The molecule has 5 heteroatoms. The lowest BCUT2D eigenvalue weighted by atomic mass is 10.2. The molecule has 17 heavy (non-hydrogen) atoms. The standard InChI is InChI=1S/C12H26O4Si/c1-5-8-9-10-11-12(13)16-17(4,14-6-2)15-7-3/h5-11H2,1-4H3. The van der Waals surface area contributed by atoms with Crippen LogP contribution in [-0.2, 0) is 18.1 Å². The van der Waals surface area contributed by atoms with Gasteiger partial charge in [-0.05, 0) is 20.3 Å². The molecule has 0 unspecified atom stereocenters. The van der Waals surface area contributed by atoms with Crippen molar-refractivity contribution in [3.63, 3.8) is 0 Å². The van der Waals surface area contributed by atoms with Crippen LogP contribution >= 0.6 is 0 Å². The molecule has 0 N–H and O–H groups in total. The zero-order valence-electron chi connectivity index (χ0n) is 11.6. The molecule has 0 radical (unpaired) electrons. The predicted octanol–water partition coefficient (Wildman–Crippen LogP) is 3.14. The Kier molecular flexibility index (Phi) is 9.40. The van der Waals surface area contributed by atoms with E-state index in [4.69, 9.17) is 13.3 Å². The second-order valence-electron chi connectivity index (χ2n) is 4.01. The van der Waals surface area contributed by atoms with Crippen molar-refractivity contribution in [2.75, 3.05) is 13.2 Å². The summed E-state index contributed by atoms with van der Waals surface area (Å²) in [6.45, 7) is 8.67. The van der Waals surface area contributed by atoms with Crippen LogP contribution in [0, 0.1) is 0 Å². The van der Waals surface area contributed by atoms with Crippen molar-refractivity contribution in [3.05, 3.63) is 0 Å². The van der Waals surface area contributed by atoms with Gasteiger partial charge in [0.1, 0.15) is 0 Å². The molecule has 102 valence electrons. The van der Waals surface area contributed by atoms with Gasteiger partial charge in [-0.2, -0.15) is 0 Å². The van der Waals surface area contributed by atoms with Crippen LogP contribution in [0.2, 0.25) is 6.55 Å². The lowest BCUT2D eigenvalue weighted by Crippen LogP contribution is -2.44. The number of unbranched alkanes of at least 4 members (excludes halogenated alkanes) is 3. The van der Waals surface area contributed by atoms with Gasteiger partial charge in [-0.3, -0.25) is 4.79 Å². The fourth-order valence-corrected chi connectivity index (χ4v) is 3.34. The van der Waals surface area contributed by atoms with E-state index in [0.29, 0.717) is 19.6 Å². The van der Waals surface area contributed by atoms with E-state index in [1.165, 1.54) is 12.8 Å². The van der Waals surface area contributed by atoms with Crippen LogP contribution in [-0.4, -0.2) is 28.0 Å². The average molecular weight is 262 g/mol. The normalized spacial score (nSPS) is 11.5. The highest BCUT2D eigenvalue weighted by atomic mass is 28.4. The van der Waals surface area contributed by atoms with Gasteiger partial charge >= 0.3 is 8.80 Å². The number of rotatable bonds is 10. The van der Waals surface area contributed by atoms with E-state index in [0.717, 1.165) is 12.8 Å². The van der Waals surface area contributed by atoms with E-state index in [2.05, 4.69) is 6.92 Å². The predicted molar refractivity (Wildman–Crippen MR) is 69.7 cm³/mol. The second-order valence-corrected chi connectivity index (χ2v) is 6.52. The summed E-state index contributed by atoms with van der Waals surface area (Å²) >= 11 is 0. The summed E-state index contributed by atoms with van der Waals surface area (Å²) in [4.78, 5) is 11.6. The maximum atomic E-state index is 11.6. The Morgan fingerprint density at radius 3 is 2.06 bits per heavy atom. The molecule has 0 heterocycles. The van der Waals surface area contributed by atoms with Gasteiger partial charge in [0.2, 0.25) is 0 Å². The molecule has 4 nitrogen and oxygen atoms in total. The van der Waals surface area contributed by atoms with Crippen LogP contribution in [0.5, 0.6) is 0 Å². The number of carbonyl (C=O) groups excluding carboxylic acids is 1. The molecule has 0 amide bonds. The highest BCUT2D eigenvalue weighted by Crippen LogP contribution is 2.12. The van der Waals surface area contributed by atoms with Crippen LogP contribution in [0.15, 0.2) is 0 Å². The number of carbonyl (C=O) groups is 1. The first-order chi connectivity index (χ1) is 8.08. The highest BCUT2D eigenvalue weighted by molar-refractivity contribution is 6.60. The molecule has 0 rings (SSSR count). The Labute approximate surface area is 106 Å². The minimum absolute atomic E-state index is 0.197. The molecule has 0 spiro atoms. The Morgan fingerprint density at radius 1 is 1.00 bits per heavy atom. The quantitative estimate of drug-likeness (QED) is 0.448. The summed E-state index contributed by atoms with van der Waals surface area (Å²) in [5.74, 6) is -0.197. The summed E-state index contributed by atoms with van der Waals surface area (Å²) in [7, 11) is -2.73. The largest absolute Gasteiger partial charge is 0.564 e. The molecule has 0 aromatic rings. The molecule has 0 atom stereocenters. The monoisotopic (exact) mass is 262 g/mol. The van der Waals surface area contributed by atoms with E-state index in [1.807, 2.05) is 13.8 Å². The topological polar surface area (TPSA) is 44.8 Å². The molecule has 0 bridgehead atoms. The lowest BCUT2D eigenvalue weighted by molar-refractivity contribution is -0.139. The van der Waals surface area contributed by atoms with Gasteiger partial charge in [0.15, 0.2) is 0 Å². The summed E-state index contributed by atoms with van der Waals surface area (Å²) < 4.78 is 16.2. The molecular weight excluding hydrogens is 236 g/mol. The molecule has 0 aliphatic heterocycles. The number of hydrogen-bond acceptors (Lipinski definition) is 4. The van der Waals surface area contributed by atoms with E-state index < -0.39 is 8.80 Å². The van der Waals surface area contributed by atoms with E-state index in [1.54, 1.807) is 6.55 Å². The molecule has 0 fully saturated rings. The third-order valence-corrected chi connectivity index (χ3v) is 4.57. The first-order valence-electron chi connectivity index (χ1n) is 6.57. The van der Waals surface area contributed by atoms with Gasteiger partial charge in [-0.1, -0.05) is 26.2 Å². The second kappa shape index (κ2) is 9.62. The van der Waals surface area contributed by atoms with Crippen LogP contribution in [0.1, 0.15) is 52.9 Å². The summed E-state index contributed by atoms with van der Waals surface area (Å²) in [6, 6.07) is 0. The SMILES string of the molecule is CCCCCCC(=O)O[Si](C)(OCC)OCC. The van der Waals surface area contributed by atoms with Gasteiger partial charge in [0, 0.05) is 26.2 Å². The van der Waals surface area contributed by atoms with Crippen molar-refractivity contribution >= 4 is 14.8 Å². The van der Waals surface area contributed by atoms with E-state index in [-0.39, 0.29) is 5.97 Å². The van der Waals surface area contributed by atoms with Crippen molar-refractivity contribution in [2.24, 2.45) is 0 Å². The summed E-state index contributed by atoms with van der Waals surface area (Å²) in [6.07, 6.45) is 4.75.